The molecular formula is C16H35N. The smallest absolute Gasteiger partial charge is 0.00464 e. The average molecular weight is 241 g/mol. The Balaban J connectivity index is 3.08. The zero-order valence-electron chi connectivity index (χ0n) is 12.6. The predicted molar refractivity (Wildman–Crippen MR) is 79.6 cm³/mol. The summed E-state index contributed by atoms with van der Waals surface area (Å²) >= 11 is 0. The highest BCUT2D eigenvalue weighted by molar-refractivity contribution is 4.57. The van der Waals surface area contributed by atoms with Crippen molar-refractivity contribution in [1.82, 2.24) is 5.32 Å². The molecule has 0 heterocycles. The lowest BCUT2D eigenvalue weighted by molar-refractivity contribution is 0.441. The molecule has 0 aliphatic rings. The summed E-state index contributed by atoms with van der Waals surface area (Å²) < 4.78 is 0. The average Bonchev–Trinajstić information content (AvgIpc) is 2.33. The molecule has 0 aliphatic carbocycles. The second-order valence-corrected chi connectivity index (χ2v) is 5.55. The molecule has 0 spiro atoms. The molecular weight excluding hydrogens is 206 g/mol. The molecule has 1 heteroatoms. The van der Waals surface area contributed by atoms with Crippen LogP contribution in [-0.2, 0) is 0 Å². The van der Waals surface area contributed by atoms with Gasteiger partial charge in [-0.25, -0.2) is 0 Å². The highest BCUT2D eigenvalue weighted by atomic mass is 14.8. The molecule has 0 aromatic carbocycles. The summed E-state index contributed by atoms with van der Waals surface area (Å²) in [5, 5.41) is 3.49. The molecule has 0 aromatic heterocycles. The van der Waals surface area contributed by atoms with Crippen molar-refractivity contribution in [2.45, 2.75) is 85.0 Å². The minimum Gasteiger partial charge on any atom is -0.317 e. The molecule has 17 heavy (non-hydrogen) atoms. The second kappa shape index (κ2) is 14.0. The molecule has 104 valence electrons. The van der Waals surface area contributed by atoms with Gasteiger partial charge in [-0.2, -0.15) is 0 Å². The van der Waals surface area contributed by atoms with Crippen molar-refractivity contribution in [3.05, 3.63) is 0 Å². The van der Waals surface area contributed by atoms with E-state index in [0.717, 1.165) is 5.92 Å². The molecule has 0 rings (SSSR count). The summed E-state index contributed by atoms with van der Waals surface area (Å²) in [5.41, 5.74) is 0. The predicted octanol–water partition coefficient (Wildman–Crippen LogP) is 5.15. The third kappa shape index (κ3) is 13.9. The molecule has 0 saturated heterocycles. The summed E-state index contributed by atoms with van der Waals surface area (Å²) in [6.07, 6.45) is 14.1. The van der Waals surface area contributed by atoms with E-state index in [-0.39, 0.29) is 0 Å². The van der Waals surface area contributed by atoms with Gasteiger partial charge in [0.1, 0.15) is 0 Å². The van der Waals surface area contributed by atoms with Crippen LogP contribution in [0.4, 0.5) is 0 Å². The minimum atomic E-state index is 0.912. The Morgan fingerprint density at radius 3 is 2.00 bits per heavy atom. The molecule has 0 saturated carbocycles. The Morgan fingerprint density at radius 1 is 0.706 bits per heavy atom. The van der Waals surface area contributed by atoms with E-state index >= 15 is 0 Å². The van der Waals surface area contributed by atoms with Crippen molar-refractivity contribution in [3.8, 4) is 0 Å². The van der Waals surface area contributed by atoms with E-state index in [1.807, 2.05) is 0 Å². The van der Waals surface area contributed by atoms with Crippen molar-refractivity contribution < 1.29 is 0 Å². The zero-order valence-corrected chi connectivity index (χ0v) is 12.6. The van der Waals surface area contributed by atoms with Gasteiger partial charge in [0.25, 0.3) is 0 Å². The van der Waals surface area contributed by atoms with Crippen LogP contribution in [0, 0.1) is 5.92 Å². The van der Waals surface area contributed by atoms with Crippen LogP contribution < -0.4 is 5.32 Å². The van der Waals surface area contributed by atoms with E-state index in [1.165, 1.54) is 77.3 Å². The van der Waals surface area contributed by atoms with Crippen LogP contribution >= 0.6 is 0 Å². The standard InChI is InChI=1S/C16H35N/c1-4-6-7-8-9-10-11-12-16(3)13-15-17-14-5-2/h16-17H,4-15H2,1-3H3. The summed E-state index contributed by atoms with van der Waals surface area (Å²) in [4.78, 5) is 0. The largest absolute Gasteiger partial charge is 0.317 e. The SMILES string of the molecule is CCCCCCCCCC(C)CCNCCC. The fourth-order valence-corrected chi connectivity index (χ4v) is 2.24. The zero-order chi connectivity index (χ0) is 12.8. The molecule has 1 N–H and O–H groups in total. The Kier molecular flexibility index (Phi) is 14.0. The van der Waals surface area contributed by atoms with E-state index in [2.05, 4.69) is 26.1 Å². The molecule has 0 amide bonds. The number of unbranched alkanes of at least 4 members (excludes halogenated alkanes) is 6. The van der Waals surface area contributed by atoms with Gasteiger partial charge in [-0.1, -0.05) is 72.1 Å². The van der Waals surface area contributed by atoms with Gasteiger partial charge in [0.05, 0.1) is 0 Å². The highest BCUT2D eigenvalue weighted by Gasteiger charge is 2.01. The molecule has 1 unspecified atom stereocenters. The summed E-state index contributed by atoms with van der Waals surface area (Å²) in [6, 6.07) is 0. The van der Waals surface area contributed by atoms with E-state index in [0.29, 0.717) is 0 Å². The van der Waals surface area contributed by atoms with Crippen molar-refractivity contribution >= 4 is 0 Å². The van der Waals surface area contributed by atoms with E-state index in [9.17, 15) is 0 Å². The van der Waals surface area contributed by atoms with Crippen molar-refractivity contribution in [2.24, 2.45) is 5.92 Å². The van der Waals surface area contributed by atoms with Crippen molar-refractivity contribution in [1.29, 1.82) is 0 Å². The van der Waals surface area contributed by atoms with Gasteiger partial charge in [-0.3, -0.25) is 0 Å². The minimum absolute atomic E-state index is 0.912. The maximum atomic E-state index is 3.49. The third-order valence-corrected chi connectivity index (χ3v) is 3.54. The Morgan fingerprint density at radius 2 is 1.35 bits per heavy atom. The van der Waals surface area contributed by atoms with Crippen LogP contribution in [0.25, 0.3) is 0 Å². The molecule has 0 radical (unpaired) electrons. The van der Waals surface area contributed by atoms with Crippen LogP contribution in [0.3, 0.4) is 0 Å². The van der Waals surface area contributed by atoms with Crippen LogP contribution in [0.1, 0.15) is 85.0 Å². The monoisotopic (exact) mass is 241 g/mol. The number of rotatable bonds is 13. The second-order valence-electron chi connectivity index (χ2n) is 5.55. The first-order valence-corrected chi connectivity index (χ1v) is 8.02. The van der Waals surface area contributed by atoms with E-state index in [4.69, 9.17) is 0 Å². The van der Waals surface area contributed by atoms with Gasteiger partial charge in [-0.05, 0) is 31.8 Å². The number of nitrogens with one attached hydrogen (secondary N) is 1. The normalized spacial score (nSPS) is 12.9. The first-order valence-electron chi connectivity index (χ1n) is 8.02. The first kappa shape index (κ1) is 17.0. The molecule has 0 aliphatic heterocycles. The van der Waals surface area contributed by atoms with Gasteiger partial charge in [0.2, 0.25) is 0 Å². The lowest BCUT2D eigenvalue weighted by Gasteiger charge is -2.11. The molecule has 0 fully saturated rings. The van der Waals surface area contributed by atoms with Gasteiger partial charge in [0, 0.05) is 0 Å². The van der Waals surface area contributed by atoms with Gasteiger partial charge >= 0.3 is 0 Å². The van der Waals surface area contributed by atoms with E-state index < -0.39 is 0 Å². The van der Waals surface area contributed by atoms with E-state index in [1.54, 1.807) is 0 Å². The Hall–Kier alpha value is -0.0400. The van der Waals surface area contributed by atoms with Gasteiger partial charge in [0.15, 0.2) is 0 Å². The maximum absolute atomic E-state index is 3.49. The molecule has 1 nitrogen and oxygen atoms in total. The highest BCUT2D eigenvalue weighted by Crippen LogP contribution is 2.14. The first-order chi connectivity index (χ1) is 8.31. The fraction of sp³-hybridized carbons (Fsp3) is 1.00. The fourth-order valence-electron chi connectivity index (χ4n) is 2.24. The van der Waals surface area contributed by atoms with Gasteiger partial charge < -0.3 is 5.32 Å². The van der Waals surface area contributed by atoms with Crippen LogP contribution in [0.2, 0.25) is 0 Å². The summed E-state index contributed by atoms with van der Waals surface area (Å²) in [5.74, 6) is 0.912. The lowest BCUT2D eigenvalue weighted by atomic mass is 9.99. The molecule has 0 aromatic rings. The number of hydrogen-bond donors (Lipinski definition) is 1. The van der Waals surface area contributed by atoms with Crippen LogP contribution in [-0.4, -0.2) is 13.1 Å². The Bertz CT molecular complexity index is 133. The van der Waals surface area contributed by atoms with Crippen LogP contribution in [0.5, 0.6) is 0 Å². The third-order valence-electron chi connectivity index (χ3n) is 3.54. The maximum Gasteiger partial charge on any atom is -0.00464 e. The summed E-state index contributed by atoms with van der Waals surface area (Å²) in [7, 11) is 0. The van der Waals surface area contributed by atoms with Gasteiger partial charge in [-0.15, -0.1) is 0 Å². The quantitative estimate of drug-likeness (QED) is 0.440. The summed E-state index contributed by atoms with van der Waals surface area (Å²) in [6.45, 7) is 9.32. The lowest BCUT2D eigenvalue weighted by Crippen LogP contribution is -2.18. The Labute approximate surface area is 110 Å². The van der Waals surface area contributed by atoms with Crippen molar-refractivity contribution in [2.75, 3.05) is 13.1 Å². The molecule has 1 atom stereocenters. The van der Waals surface area contributed by atoms with Crippen LogP contribution in [0.15, 0.2) is 0 Å². The topological polar surface area (TPSA) is 12.0 Å². The number of hydrogen-bond acceptors (Lipinski definition) is 1. The van der Waals surface area contributed by atoms with Crippen molar-refractivity contribution in [3.63, 3.8) is 0 Å². The molecule has 0 bridgehead atoms.